The molecule has 0 spiro atoms. The van der Waals surface area contributed by atoms with E-state index in [2.05, 4.69) is 22.4 Å². The lowest BCUT2D eigenvalue weighted by atomic mass is 10.1. The molecule has 0 radical (unpaired) electrons. The van der Waals surface area contributed by atoms with Crippen molar-refractivity contribution in [1.82, 2.24) is 4.98 Å². The van der Waals surface area contributed by atoms with Crippen LogP contribution in [0, 0.1) is 0 Å². The fourth-order valence-corrected chi connectivity index (χ4v) is 1.61. The van der Waals surface area contributed by atoms with Gasteiger partial charge in [0, 0.05) is 19.2 Å². The van der Waals surface area contributed by atoms with E-state index in [4.69, 9.17) is 10.5 Å². The minimum Gasteiger partial charge on any atom is -0.481 e. The van der Waals surface area contributed by atoms with Crippen LogP contribution in [0.25, 0.3) is 0 Å². The summed E-state index contributed by atoms with van der Waals surface area (Å²) < 4.78 is 5.07. The monoisotopic (exact) mass is 243 g/mol. The van der Waals surface area contributed by atoms with Gasteiger partial charge in [0.15, 0.2) is 0 Å². The van der Waals surface area contributed by atoms with Gasteiger partial charge in [-0.15, -0.1) is 0 Å². The number of nitrogens with one attached hydrogen (secondary N) is 1. The van der Waals surface area contributed by atoms with E-state index in [0.717, 1.165) is 17.9 Å². The van der Waals surface area contributed by atoms with E-state index in [0.29, 0.717) is 12.4 Å². The van der Waals surface area contributed by atoms with Gasteiger partial charge in [0.2, 0.25) is 5.88 Å². The summed E-state index contributed by atoms with van der Waals surface area (Å²) >= 11 is 0. The van der Waals surface area contributed by atoms with Crippen molar-refractivity contribution in [2.45, 2.75) is 13.1 Å². The molecule has 94 valence electrons. The zero-order valence-corrected chi connectivity index (χ0v) is 10.4. The molecular weight excluding hydrogens is 226 g/mol. The highest BCUT2D eigenvalue weighted by Crippen LogP contribution is 2.12. The Bertz CT molecular complexity index is 497. The van der Waals surface area contributed by atoms with Crippen molar-refractivity contribution < 1.29 is 4.74 Å². The van der Waals surface area contributed by atoms with Crippen molar-refractivity contribution in [2.24, 2.45) is 5.73 Å². The SMILES string of the molecule is COc1cccc(NCc2ccc(CN)cc2)n1. The smallest absolute Gasteiger partial charge is 0.214 e. The second-order valence-corrected chi connectivity index (χ2v) is 3.94. The third kappa shape index (κ3) is 3.21. The van der Waals surface area contributed by atoms with Gasteiger partial charge in [-0.05, 0) is 17.2 Å². The standard InChI is InChI=1S/C14H17N3O/c1-18-14-4-2-3-13(17-14)16-10-12-7-5-11(9-15)6-8-12/h2-8H,9-10,15H2,1H3,(H,16,17). The molecule has 0 aliphatic carbocycles. The van der Waals surface area contributed by atoms with Crippen molar-refractivity contribution in [2.75, 3.05) is 12.4 Å². The van der Waals surface area contributed by atoms with Crippen LogP contribution in [-0.2, 0) is 13.1 Å². The van der Waals surface area contributed by atoms with Crippen LogP contribution >= 0.6 is 0 Å². The molecule has 18 heavy (non-hydrogen) atoms. The minimum atomic E-state index is 0.575. The van der Waals surface area contributed by atoms with Crippen molar-refractivity contribution in [3.05, 3.63) is 53.6 Å². The average molecular weight is 243 g/mol. The topological polar surface area (TPSA) is 60.2 Å². The summed E-state index contributed by atoms with van der Waals surface area (Å²) in [5.41, 5.74) is 7.89. The molecule has 0 saturated heterocycles. The molecule has 4 heteroatoms. The summed E-state index contributed by atoms with van der Waals surface area (Å²) in [5.74, 6) is 1.41. The lowest BCUT2D eigenvalue weighted by Crippen LogP contribution is -2.02. The van der Waals surface area contributed by atoms with Crippen molar-refractivity contribution in [3.63, 3.8) is 0 Å². The van der Waals surface area contributed by atoms with Crippen LogP contribution in [0.15, 0.2) is 42.5 Å². The lowest BCUT2D eigenvalue weighted by molar-refractivity contribution is 0.398. The largest absolute Gasteiger partial charge is 0.481 e. The number of aromatic nitrogens is 1. The van der Waals surface area contributed by atoms with Crippen molar-refractivity contribution >= 4 is 5.82 Å². The Morgan fingerprint density at radius 1 is 1.11 bits per heavy atom. The molecule has 0 aliphatic rings. The second kappa shape index (κ2) is 6.02. The number of pyridine rings is 1. The van der Waals surface area contributed by atoms with Gasteiger partial charge >= 0.3 is 0 Å². The number of benzene rings is 1. The second-order valence-electron chi connectivity index (χ2n) is 3.94. The van der Waals surface area contributed by atoms with Gasteiger partial charge in [-0.3, -0.25) is 0 Å². The van der Waals surface area contributed by atoms with Gasteiger partial charge in [0.25, 0.3) is 0 Å². The number of ether oxygens (including phenoxy) is 1. The van der Waals surface area contributed by atoms with Gasteiger partial charge in [-0.25, -0.2) is 0 Å². The van der Waals surface area contributed by atoms with Crippen LogP contribution in [0.1, 0.15) is 11.1 Å². The quantitative estimate of drug-likeness (QED) is 0.844. The van der Waals surface area contributed by atoms with Gasteiger partial charge < -0.3 is 15.8 Å². The Morgan fingerprint density at radius 3 is 2.50 bits per heavy atom. The number of rotatable bonds is 5. The molecule has 0 aliphatic heterocycles. The number of hydrogen-bond acceptors (Lipinski definition) is 4. The van der Waals surface area contributed by atoms with Gasteiger partial charge in [0.05, 0.1) is 7.11 Å². The van der Waals surface area contributed by atoms with Crippen LogP contribution in [0.4, 0.5) is 5.82 Å². The summed E-state index contributed by atoms with van der Waals surface area (Å²) in [6.07, 6.45) is 0. The number of nitrogens with zero attached hydrogens (tertiary/aromatic N) is 1. The van der Waals surface area contributed by atoms with Gasteiger partial charge in [-0.1, -0.05) is 30.3 Å². The lowest BCUT2D eigenvalue weighted by Gasteiger charge is -2.07. The molecule has 1 heterocycles. The van der Waals surface area contributed by atoms with Crippen molar-refractivity contribution in [3.8, 4) is 5.88 Å². The summed E-state index contributed by atoms with van der Waals surface area (Å²) in [5, 5.41) is 3.25. The van der Waals surface area contributed by atoms with E-state index in [1.807, 2.05) is 30.3 Å². The van der Waals surface area contributed by atoms with Crippen LogP contribution < -0.4 is 15.8 Å². The molecule has 0 fully saturated rings. The molecule has 4 nitrogen and oxygen atoms in total. The van der Waals surface area contributed by atoms with Crippen LogP contribution in [0.5, 0.6) is 5.88 Å². The highest BCUT2D eigenvalue weighted by Gasteiger charge is 1.98. The van der Waals surface area contributed by atoms with Crippen molar-refractivity contribution in [1.29, 1.82) is 0 Å². The molecule has 0 amide bonds. The Morgan fingerprint density at radius 2 is 1.83 bits per heavy atom. The molecule has 2 rings (SSSR count). The maximum atomic E-state index is 5.56. The van der Waals surface area contributed by atoms with E-state index in [1.54, 1.807) is 7.11 Å². The number of anilines is 1. The summed E-state index contributed by atoms with van der Waals surface area (Å²) in [4.78, 5) is 4.29. The fraction of sp³-hybridized carbons (Fsp3) is 0.214. The molecule has 0 saturated carbocycles. The van der Waals surface area contributed by atoms with E-state index in [1.165, 1.54) is 5.56 Å². The minimum absolute atomic E-state index is 0.575. The molecular formula is C14H17N3O. The van der Waals surface area contributed by atoms with Crippen LogP contribution in [0.2, 0.25) is 0 Å². The van der Waals surface area contributed by atoms with E-state index < -0.39 is 0 Å². The molecule has 0 unspecified atom stereocenters. The number of hydrogen-bond donors (Lipinski definition) is 2. The first kappa shape index (κ1) is 12.4. The van der Waals surface area contributed by atoms with E-state index in [9.17, 15) is 0 Å². The highest BCUT2D eigenvalue weighted by atomic mass is 16.5. The predicted octanol–water partition coefficient (Wildman–Crippen LogP) is 2.16. The third-order valence-electron chi connectivity index (χ3n) is 2.66. The molecule has 1 aromatic carbocycles. The van der Waals surface area contributed by atoms with Crippen LogP contribution in [0.3, 0.4) is 0 Å². The fourth-order valence-electron chi connectivity index (χ4n) is 1.61. The number of methoxy groups -OCH3 is 1. The van der Waals surface area contributed by atoms with Crippen LogP contribution in [-0.4, -0.2) is 12.1 Å². The highest BCUT2D eigenvalue weighted by molar-refractivity contribution is 5.38. The zero-order valence-electron chi connectivity index (χ0n) is 10.4. The Labute approximate surface area is 107 Å². The number of nitrogens with two attached hydrogens (primary N) is 1. The van der Waals surface area contributed by atoms with Gasteiger partial charge in [-0.2, -0.15) is 4.98 Å². The molecule has 0 atom stereocenters. The molecule has 3 N–H and O–H groups in total. The zero-order chi connectivity index (χ0) is 12.8. The average Bonchev–Trinajstić information content (AvgIpc) is 2.46. The normalized spacial score (nSPS) is 10.1. The first-order valence-electron chi connectivity index (χ1n) is 5.84. The first-order valence-corrected chi connectivity index (χ1v) is 5.84. The Balaban J connectivity index is 1.97. The van der Waals surface area contributed by atoms with Gasteiger partial charge in [0.1, 0.15) is 5.82 Å². The maximum Gasteiger partial charge on any atom is 0.214 e. The maximum absolute atomic E-state index is 5.56. The molecule has 0 bridgehead atoms. The van der Waals surface area contributed by atoms with E-state index in [-0.39, 0.29) is 0 Å². The molecule has 2 aromatic rings. The Kier molecular flexibility index (Phi) is 4.15. The summed E-state index contributed by atoms with van der Waals surface area (Å²) in [6.45, 7) is 1.30. The summed E-state index contributed by atoms with van der Waals surface area (Å²) in [6, 6.07) is 13.8. The molecule has 1 aromatic heterocycles. The predicted molar refractivity (Wildman–Crippen MR) is 72.4 cm³/mol. The van der Waals surface area contributed by atoms with E-state index >= 15 is 0 Å². The summed E-state index contributed by atoms with van der Waals surface area (Å²) in [7, 11) is 1.61. The first-order chi connectivity index (χ1) is 8.81. The third-order valence-corrected chi connectivity index (χ3v) is 2.66. The Hall–Kier alpha value is -2.07.